The molecule has 136 valence electrons. The van der Waals surface area contributed by atoms with Gasteiger partial charge in [-0.15, -0.1) is 5.10 Å². The third-order valence-corrected chi connectivity index (χ3v) is 5.37. The van der Waals surface area contributed by atoms with Gasteiger partial charge in [0, 0.05) is 42.1 Å². The molecule has 7 heteroatoms. The number of nitrogen functional groups attached to an aromatic ring is 1. The minimum Gasteiger partial charge on any atom is -0.396 e. The number of benzene rings is 1. The molecule has 0 bridgehead atoms. The number of anilines is 2. The van der Waals surface area contributed by atoms with E-state index < -0.39 is 0 Å². The number of imidazole rings is 1. The zero-order valence-corrected chi connectivity index (χ0v) is 15.3. The average molecular weight is 371 g/mol. The second kappa shape index (κ2) is 7.13. The fourth-order valence-electron chi connectivity index (χ4n) is 3.66. The van der Waals surface area contributed by atoms with Crippen molar-refractivity contribution in [3.63, 3.8) is 0 Å². The lowest BCUT2D eigenvalue weighted by Gasteiger charge is -2.37. The lowest BCUT2D eigenvalue weighted by atomic mass is 9.90. The molecule has 0 aliphatic heterocycles. The van der Waals surface area contributed by atoms with Gasteiger partial charge in [0.05, 0.1) is 5.69 Å². The van der Waals surface area contributed by atoms with E-state index in [0.29, 0.717) is 23.4 Å². The van der Waals surface area contributed by atoms with Crippen LogP contribution in [-0.4, -0.2) is 26.7 Å². The summed E-state index contributed by atoms with van der Waals surface area (Å²) in [7, 11) is 0. The number of hydrogen-bond acceptors (Lipinski definition) is 5. The molecule has 1 aliphatic rings. The Morgan fingerprint density at radius 3 is 2.62 bits per heavy atom. The molecule has 0 saturated heterocycles. The largest absolute Gasteiger partial charge is 0.396 e. The van der Waals surface area contributed by atoms with Gasteiger partial charge in [-0.2, -0.15) is 0 Å². The first-order valence-corrected chi connectivity index (χ1v) is 9.34. The van der Waals surface area contributed by atoms with E-state index in [1.807, 2.05) is 24.4 Å². The van der Waals surface area contributed by atoms with E-state index in [2.05, 4.69) is 22.0 Å². The number of aromatic nitrogens is 3. The minimum absolute atomic E-state index is 0.304. The van der Waals surface area contributed by atoms with Crippen molar-refractivity contribution in [3.05, 3.63) is 53.3 Å². The molecule has 3 aromatic rings. The van der Waals surface area contributed by atoms with E-state index >= 15 is 0 Å². The molecule has 6 nitrogen and oxygen atoms in total. The third-order valence-electron chi connectivity index (χ3n) is 5.12. The quantitative estimate of drug-likeness (QED) is 0.736. The summed E-state index contributed by atoms with van der Waals surface area (Å²) in [6.45, 7) is 0.754. The number of nitrogens with zero attached hydrogens (tertiary/aromatic N) is 4. The lowest BCUT2D eigenvalue weighted by molar-refractivity contribution is 0.372. The van der Waals surface area contributed by atoms with Crippen LogP contribution in [0.15, 0.2) is 42.7 Å². The van der Waals surface area contributed by atoms with Crippen LogP contribution < -0.4 is 16.4 Å². The van der Waals surface area contributed by atoms with E-state index in [9.17, 15) is 0 Å². The highest BCUT2D eigenvalue weighted by atomic mass is 35.5. The highest BCUT2D eigenvalue weighted by molar-refractivity contribution is 6.30. The number of hydrogen-bond donors (Lipinski definition) is 2. The van der Waals surface area contributed by atoms with Crippen LogP contribution in [0.2, 0.25) is 5.02 Å². The molecular formula is C19H23ClN6. The molecular weight excluding hydrogens is 348 g/mol. The fourth-order valence-corrected chi connectivity index (χ4v) is 3.79. The predicted octanol–water partition coefficient (Wildman–Crippen LogP) is 3.24. The van der Waals surface area contributed by atoms with Gasteiger partial charge in [0.15, 0.2) is 11.5 Å². The van der Waals surface area contributed by atoms with Gasteiger partial charge in [-0.25, -0.2) is 9.50 Å². The molecule has 1 aliphatic carbocycles. The van der Waals surface area contributed by atoms with E-state index in [4.69, 9.17) is 28.2 Å². The monoisotopic (exact) mass is 370 g/mol. The summed E-state index contributed by atoms with van der Waals surface area (Å²) in [5.74, 6) is 0.864. The maximum absolute atomic E-state index is 6.22. The first kappa shape index (κ1) is 17.1. The summed E-state index contributed by atoms with van der Waals surface area (Å²) in [5.41, 5.74) is 14.8. The molecule has 4 N–H and O–H groups in total. The minimum atomic E-state index is 0.304. The zero-order valence-electron chi connectivity index (χ0n) is 14.6. The first-order valence-electron chi connectivity index (χ1n) is 8.96. The molecule has 1 saturated carbocycles. The Morgan fingerprint density at radius 1 is 1.15 bits per heavy atom. The summed E-state index contributed by atoms with van der Waals surface area (Å²) >= 11 is 6.04. The van der Waals surface area contributed by atoms with Gasteiger partial charge in [-0.3, -0.25) is 0 Å². The van der Waals surface area contributed by atoms with Gasteiger partial charge >= 0.3 is 0 Å². The standard InChI is InChI=1S/C19H23ClN6/c20-14-3-1-13(2-4-14)12-25(16-7-5-15(21)6-8-16)18-11-17(22)19-23-9-10-26(19)24-18/h1-4,9-11,15-16H,5-8,12,21-22H2. The molecule has 2 heterocycles. The van der Waals surface area contributed by atoms with E-state index in [1.165, 1.54) is 5.56 Å². The second-order valence-corrected chi connectivity index (χ2v) is 7.41. The zero-order chi connectivity index (χ0) is 18.1. The third kappa shape index (κ3) is 3.48. The Balaban J connectivity index is 1.69. The van der Waals surface area contributed by atoms with Crippen LogP contribution in [0.1, 0.15) is 31.2 Å². The van der Waals surface area contributed by atoms with Gasteiger partial charge in [0.2, 0.25) is 0 Å². The Morgan fingerprint density at radius 2 is 1.88 bits per heavy atom. The Hall–Kier alpha value is -2.31. The van der Waals surface area contributed by atoms with Crippen molar-refractivity contribution < 1.29 is 0 Å². The SMILES string of the molecule is Nc1cc(N(Cc2ccc(Cl)cc2)C2CCC(N)CC2)nn2ccnc12. The van der Waals surface area contributed by atoms with Gasteiger partial charge in [0.25, 0.3) is 0 Å². The first-order chi connectivity index (χ1) is 12.6. The second-order valence-electron chi connectivity index (χ2n) is 6.98. The topological polar surface area (TPSA) is 85.5 Å². The van der Waals surface area contributed by atoms with Crippen molar-refractivity contribution in [1.82, 2.24) is 14.6 Å². The smallest absolute Gasteiger partial charge is 0.176 e. The van der Waals surface area contributed by atoms with Crippen molar-refractivity contribution in [2.45, 2.75) is 44.3 Å². The van der Waals surface area contributed by atoms with Crippen molar-refractivity contribution in [2.75, 3.05) is 10.6 Å². The molecule has 0 atom stereocenters. The molecule has 0 unspecified atom stereocenters. The van der Waals surface area contributed by atoms with E-state index in [-0.39, 0.29) is 0 Å². The van der Waals surface area contributed by atoms with Crippen LogP contribution in [0, 0.1) is 0 Å². The summed E-state index contributed by atoms with van der Waals surface area (Å²) < 4.78 is 1.74. The normalized spacial score (nSPS) is 20.4. The van der Waals surface area contributed by atoms with Gasteiger partial charge < -0.3 is 16.4 Å². The molecule has 1 aromatic carbocycles. The summed E-state index contributed by atoms with van der Waals surface area (Å²) in [6, 6.07) is 10.6. The lowest BCUT2D eigenvalue weighted by Crippen LogP contribution is -2.41. The Kier molecular flexibility index (Phi) is 4.70. The van der Waals surface area contributed by atoms with Crippen molar-refractivity contribution >= 4 is 28.8 Å². The molecule has 4 rings (SSSR count). The molecule has 1 fully saturated rings. The molecule has 2 aromatic heterocycles. The molecule has 0 radical (unpaired) electrons. The Bertz CT molecular complexity index is 883. The van der Waals surface area contributed by atoms with Crippen LogP contribution in [0.5, 0.6) is 0 Å². The maximum Gasteiger partial charge on any atom is 0.176 e. The molecule has 0 spiro atoms. The van der Waals surface area contributed by atoms with Crippen molar-refractivity contribution in [3.8, 4) is 0 Å². The van der Waals surface area contributed by atoms with Crippen LogP contribution in [0.4, 0.5) is 11.5 Å². The fraction of sp³-hybridized carbons (Fsp3) is 0.368. The van der Waals surface area contributed by atoms with Crippen LogP contribution in [0.25, 0.3) is 5.65 Å². The van der Waals surface area contributed by atoms with Crippen LogP contribution >= 0.6 is 11.6 Å². The van der Waals surface area contributed by atoms with E-state index in [1.54, 1.807) is 10.7 Å². The predicted molar refractivity (Wildman–Crippen MR) is 105 cm³/mol. The van der Waals surface area contributed by atoms with Crippen molar-refractivity contribution in [1.29, 1.82) is 0 Å². The van der Waals surface area contributed by atoms with Crippen LogP contribution in [0.3, 0.4) is 0 Å². The number of halogens is 1. The average Bonchev–Trinajstić information content (AvgIpc) is 3.11. The van der Waals surface area contributed by atoms with Crippen LogP contribution in [-0.2, 0) is 6.54 Å². The number of nitrogens with two attached hydrogens (primary N) is 2. The van der Waals surface area contributed by atoms with Gasteiger partial charge in [-0.05, 0) is 43.4 Å². The number of fused-ring (bicyclic) bond motifs is 1. The summed E-state index contributed by atoms with van der Waals surface area (Å²) in [6.07, 6.45) is 7.71. The Labute approximate surface area is 157 Å². The maximum atomic E-state index is 6.22. The summed E-state index contributed by atoms with van der Waals surface area (Å²) in [4.78, 5) is 6.60. The number of rotatable bonds is 4. The molecule has 0 amide bonds. The van der Waals surface area contributed by atoms with Gasteiger partial charge in [0.1, 0.15) is 0 Å². The van der Waals surface area contributed by atoms with E-state index in [0.717, 1.165) is 43.1 Å². The van der Waals surface area contributed by atoms with Gasteiger partial charge in [-0.1, -0.05) is 23.7 Å². The molecule has 26 heavy (non-hydrogen) atoms. The summed E-state index contributed by atoms with van der Waals surface area (Å²) in [5, 5.41) is 5.49. The van der Waals surface area contributed by atoms with Crippen molar-refractivity contribution in [2.24, 2.45) is 5.73 Å². The highest BCUT2D eigenvalue weighted by Crippen LogP contribution is 2.29. The highest BCUT2D eigenvalue weighted by Gasteiger charge is 2.26.